The molecule has 0 aliphatic heterocycles. The molecule has 7 heteroatoms. The normalized spacial score (nSPS) is 9.81. The number of hydrazine groups is 1. The van der Waals surface area contributed by atoms with Crippen LogP contribution in [-0.4, -0.2) is 16.2 Å². The van der Waals surface area contributed by atoms with Gasteiger partial charge < -0.3 is 4.42 Å². The molecule has 2 aromatic rings. The van der Waals surface area contributed by atoms with Crippen molar-refractivity contribution in [3.8, 4) is 11.5 Å². The molecule has 4 N–H and O–H groups in total. The predicted octanol–water partition coefficient (Wildman–Crippen LogP) is 0.732. The van der Waals surface area contributed by atoms with E-state index < -0.39 is 6.03 Å². The minimum atomic E-state index is -0.622. The smallest absolute Gasteiger partial charge is 0.336 e. The monoisotopic (exact) mass is 219 g/mol. The van der Waals surface area contributed by atoms with E-state index >= 15 is 0 Å². The molecule has 0 aliphatic rings. The Morgan fingerprint density at radius 3 is 2.69 bits per heavy atom. The molecule has 1 aromatic carbocycles. The SMILES string of the molecule is NNC(=O)Nc1nnc(-c2ccccc2)o1. The largest absolute Gasteiger partial charge is 0.403 e. The Morgan fingerprint density at radius 2 is 2.00 bits per heavy atom. The lowest BCUT2D eigenvalue weighted by Crippen LogP contribution is -2.34. The number of carbonyl (C=O) groups excluding carboxylic acids is 1. The topological polar surface area (TPSA) is 106 Å². The molecule has 1 heterocycles. The summed E-state index contributed by atoms with van der Waals surface area (Å²) >= 11 is 0. The molecule has 0 saturated heterocycles. The van der Waals surface area contributed by atoms with E-state index in [1.54, 1.807) is 0 Å². The number of rotatable bonds is 2. The molecule has 0 spiro atoms. The van der Waals surface area contributed by atoms with Crippen molar-refractivity contribution in [1.29, 1.82) is 0 Å². The van der Waals surface area contributed by atoms with Crippen LogP contribution >= 0.6 is 0 Å². The van der Waals surface area contributed by atoms with Crippen LogP contribution in [0.4, 0.5) is 10.8 Å². The van der Waals surface area contributed by atoms with Gasteiger partial charge in [0, 0.05) is 5.56 Å². The fraction of sp³-hybridized carbons (Fsp3) is 0. The molecule has 82 valence electrons. The third kappa shape index (κ3) is 2.15. The van der Waals surface area contributed by atoms with E-state index in [0.717, 1.165) is 5.56 Å². The van der Waals surface area contributed by atoms with Crippen molar-refractivity contribution in [3.05, 3.63) is 30.3 Å². The highest BCUT2D eigenvalue weighted by Gasteiger charge is 2.09. The fourth-order valence-electron chi connectivity index (χ4n) is 1.10. The van der Waals surface area contributed by atoms with Gasteiger partial charge >= 0.3 is 12.0 Å². The number of aromatic nitrogens is 2. The van der Waals surface area contributed by atoms with Gasteiger partial charge in [-0.3, -0.25) is 10.7 Å². The molecule has 2 amide bonds. The molecule has 1 aromatic heterocycles. The first-order valence-corrected chi connectivity index (χ1v) is 4.46. The number of nitrogens with zero attached hydrogens (tertiary/aromatic N) is 2. The van der Waals surface area contributed by atoms with Crippen LogP contribution in [0.5, 0.6) is 0 Å². The van der Waals surface area contributed by atoms with Crippen molar-refractivity contribution >= 4 is 12.0 Å². The third-order valence-electron chi connectivity index (χ3n) is 1.80. The second-order valence-electron chi connectivity index (χ2n) is 2.88. The van der Waals surface area contributed by atoms with E-state index in [9.17, 15) is 4.79 Å². The number of anilines is 1. The maximum absolute atomic E-state index is 10.9. The average Bonchev–Trinajstić information content (AvgIpc) is 2.78. The maximum Gasteiger partial charge on any atom is 0.336 e. The standard InChI is InChI=1S/C9H9N5O2/c10-12-8(15)11-9-14-13-7(16-9)6-4-2-1-3-5-6/h1-5H,10H2,(H2,11,12,14,15). The van der Waals surface area contributed by atoms with Gasteiger partial charge in [0.25, 0.3) is 0 Å². The number of benzene rings is 1. The first kappa shape index (κ1) is 10.1. The van der Waals surface area contributed by atoms with Crippen LogP contribution in [0.2, 0.25) is 0 Å². The molecule has 16 heavy (non-hydrogen) atoms. The van der Waals surface area contributed by atoms with Crippen molar-refractivity contribution in [2.24, 2.45) is 5.84 Å². The van der Waals surface area contributed by atoms with Gasteiger partial charge in [-0.2, -0.15) is 0 Å². The zero-order valence-corrected chi connectivity index (χ0v) is 8.18. The molecule has 2 rings (SSSR count). The summed E-state index contributed by atoms with van der Waals surface area (Å²) in [5, 5.41) is 9.68. The van der Waals surface area contributed by atoms with Gasteiger partial charge in [-0.25, -0.2) is 10.6 Å². The lowest BCUT2D eigenvalue weighted by atomic mass is 10.2. The maximum atomic E-state index is 10.9. The summed E-state index contributed by atoms with van der Waals surface area (Å²) in [6, 6.07) is 8.57. The van der Waals surface area contributed by atoms with E-state index in [1.807, 2.05) is 35.8 Å². The number of amides is 2. The lowest BCUT2D eigenvalue weighted by Gasteiger charge is -1.96. The molecule has 0 atom stereocenters. The van der Waals surface area contributed by atoms with Gasteiger partial charge in [0.1, 0.15) is 0 Å². The third-order valence-corrected chi connectivity index (χ3v) is 1.80. The van der Waals surface area contributed by atoms with Crippen molar-refractivity contribution in [2.75, 3.05) is 5.32 Å². The van der Waals surface area contributed by atoms with Crippen LogP contribution < -0.4 is 16.6 Å². The van der Waals surface area contributed by atoms with Crippen LogP contribution in [0.1, 0.15) is 0 Å². The summed E-state index contributed by atoms with van der Waals surface area (Å²) < 4.78 is 5.19. The number of urea groups is 1. The highest BCUT2D eigenvalue weighted by molar-refractivity contribution is 5.86. The minimum Gasteiger partial charge on any atom is -0.403 e. The summed E-state index contributed by atoms with van der Waals surface area (Å²) in [4.78, 5) is 10.9. The zero-order chi connectivity index (χ0) is 11.4. The Morgan fingerprint density at radius 1 is 1.25 bits per heavy atom. The molecule has 0 unspecified atom stereocenters. The van der Waals surface area contributed by atoms with Gasteiger partial charge in [0.2, 0.25) is 5.89 Å². The summed E-state index contributed by atoms with van der Waals surface area (Å²) in [6.07, 6.45) is 0. The van der Waals surface area contributed by atoms with Gasteiger partial charge in [0.15, 0.2) is 0 Å². The molecule has 0 fully saturated rings. The Kier molecular flexibility index (Phi) is 2.79. The van der Waals surface area contributed by atoms with E-state index in [2.05, 4.69) is 15.5 Å². The molecule has 0 aliphatic carbocycles. The van der Waals surface area contributed by atoms with E-state index in [4.69, 9.17) is 10.3 Å². The summed E-state index contributed by atoms with van der Waals surface area (Å²) in [6.45, 7) is 0. The fourth-order valence-corrected chi connectivity index (χ4v) is 1.10. The second-order valence-corrected chi connectivity index (χ2v) is 2.88. The average molecular weight is 219 g/mol. The quantitative estimate of drug-likeness (QED) is 0.392. The Balaban J connectivity index is 2.17. The van der Waals surface area contributed by atoms with Crippen molar-refractivity contribution in [1.82, 2.24) is 15.6 Å². The van der Waals surface area contributed by atoms with E-state index in [-0.39, 0.29) is 6.01 Å². The predicted molar refractivity (Wildman–Crippen MR) is 56.1 cm³/mol. The number of nitrogens with two attached hydrogens (primary N) is 1. The minimum absolute atomic E-state index is 0.0122. The van der Waals surface area contributed by atoms with Crippen LogP contribution in [0.15, 0.2) is 34.7 Å². The molecule has 0 saturated carbocycles. The molecule has 0 radical (unpaired) electrons. The van der Waals surface area contributed by atoms with Crippen molar-refractivity contribution in [3.63, 3.8) is 0 Å². The van der Waals surface area contributed by atoms with Crippen LogP contribution in [0, 0.1) is 0 Å². The number of hydrogen-bond donors (Lipinski definition) is 3. The van der Waals surface area contributed by atoms with Crippen LogP contribution in [0.3, 0.4) is 0 Å². The first-order valence-electron chi connectivity index (χ1n) is 4.46. The Hall–Kier alpha value is -2.41. The van der Waals surface area contributed by atoms with E-state index in [1.165, 1.54) is 0 Å². The number of hydrogen-bond acceptors (Lipinski definition) is 5. The summed E-state index contributed by atoms with van der Waals surface area (Å²) in [5.74, 6) is 5.21. The van der Waals surface area contributed by atoms with E-state index in [0.29, 0.717) is 5.89 Å². The second kappa shape index (κ2) is 4.41. The highest BCUT2D eigenvalue weighted by Crippen LogP contribution is 2.18. The van der Waals surface area contributed by atoms with Crippen LogP contribution in [-0.2, 0) is 0 Å². The highest BCUT2D eigenvalue weighted by atomic mass is 16.4. The van der Waals surface area contributed by atoms with Crippen molar-refractivity contribution in [2.45, 2.75) is 0 Å². The Labute approximate surface area is 90.6 Å². The number of nitrogens with one attached hydrogen (secondary N) is 2. The zero-order valence-electron chi connectivity index (χ0n) is 8.18. The lowest BCUT2D eigenvalue weighted by molar-refractivity contribution is 0.251. The van der Waals surface area contributed by atoms with Crippen molar-refractivity contribution < 1.29 is 9.21 Å². The van der Waals surface area contributed by atoms with Gasteiger partial charge in [-0.05, 0) is 12.1 Å². The van der Waals surface area contributed by atoms with Gasteiger partial charge in [0.05, 0.1) is 0 Å². The Bertz CT molecular complexity index is 482. The van der Waals surface area contributed by atoms with Gasteiger partial charge in [-0.1, -0.05) is 23.3 Å². The van der Waals surface area contributed by atoms with Gasteiger partial charge in [-0.15, -0.1) is 5.10 Å². The summed E-state index contributed by atoms with van der Waals surface area (Å²) in [5.41, 5.74) is 2.66. The molecular weight excluding hydrogens is 210 g/mol. The number of carbonyl (C=O) groups is 1. The molecular formula is C9H9N5O2. The molecule has 7 nitrogen and oxygen atoms in total. The van der Waals surface area contributed by atoms with Crippen LogP contribution in [0.25, 0.3) is 11.5 Å². The first-order chi connectivity index (χ1) is 7.79. The summed E-state index contributed by atoms with van der Waals surface area (Å²) in [7, 11) is 0. The molecule has 0 bridgehead atoms.